The number of benzene rings is 1. The highest BCUT2D eigenvalue weighted by atomic mass is 32.1. The molecule has 0 aliphatic heterocycles. The van der Waals surface area contributed by atoms with Gasteiger partial charge in [0.2, 0.25) is 0 Å². The van der Waals surface area contributed by atoms with E-state index < -0.39 is 0 Å². The predicted octanol–water partition coefficient (Wildman–Crippen LogP) is 3.88. The number of rotatable bonds is 1. The van der Waals surface area contributed by atoms with Crippen molar-refractivity contribution >= 4 is 32.3 Å². The van der Waals surface area contributed by atoms with Gasteiger partial charge in [0.25, 0.3) is 0 Å². The maximum atomic E-state index is 2.31. The monoisotopic (exact) mass is 201 g/mol. The molecule has 1 aromatic carbocycles. The smallest absolute Gasteiger partial charge is 0.0661 e. The SMILES string of the molecule is CCn1ccc2ccc3ccsc3c21. The fraction of sp³-hybridized carbons (Fsp3) is 0.167. The second kappa shape index (κ2) is 2.85. The molecule has 1 nitrogen and oxygen atoms in total. The van der Waals surface area contributed by atoms with Gasteiger partial charge in [-0.3, -0.25) is 0 Å². The molecule has 14 heavy (non-hydrogen) atoms. The first-order valence-corrected chi connectivity index (χ1v) is 5.73. The van der Waals surface area contributed by atoms with Gasteiger partial charge < -0.3 is 4.57 Å². The fourth-order valence-corrected chi connectivity index (χ4v) is 2.94. The molecular formula is C12H11NS. The van der Waals surface area contributed by atoms with E-state index in [1.54, 1.807) is 0 Å². The second-order valence-corrected chi connectivity index (χ2v) is 4.36. The van der Waals surface area contributed by atoms with E-state index in [1.807, 2.05) is 11.3 Å². The van der Waals surface area contributed by atoms with Crippen molar-refractivity contribution in [3.63, 3.8) is 0 Å². The van der Waals surface area contributed by atoms with Gasteiger partial charge in [-0.05, 0) is 29.8 Å². The highest BCUT2D eigenvalue weighted by molar-refractivity contribution is 7.18. The van der Waals surface area contributed by atoms with Crippen LogP contribution in [0.2, 0.25) is 0 Å². The summed E-state index contributed by atoms with van der Waals surface area (Å²) < 4.78 is 3.73. The molecule has 2 heterocycles. The Bertz CT molecular complexity index is 588. The summed E-state index contributed by atoms with van der Waals surface area (Å²) in [6.07, 6.45) is 2.17. The van der Waals surface area contributed by atoms with Crippen LogP contribution in [0.15, 0.2) is 35.8 Å². The average molecular weight is 201 g/mol. The number of hydrogen-bond acceptors (Lipinski definition) is 1. The Morgan fingerprint density at radius 1 is 1.14 bits per heavy atom. The molecule has 0 N–H and O–H groups in total. The Balaban J connectivity index is 2.58. The lowest BCUT2D eigenvalue weighted by Crippen LogP contribution is -1.90. The van der Waals surface area contributed by atoms with Crippen LogP contribution in [0.5, 0.6) is 0 Å². The van der Waals surface area contributed by atoms with Crippen molar-refractivity contribution in [1.29, 1.82) is 0 Å². The number of aromatic nitrogens is 1. The van der Waals surface area contributed by atoms with Gasteiger partial charge in [-0.25, -0.2) is 0 Å². The number of thiophene rings is 1. The topological polar surface area (TPSA) is 4.93 Å². The van der Waals surface area contributed by atoms with E-state index >= 15 is 0 Å². The van der Waals surface area contributed by atoms with E-state index in [-0.39, 0.29) is 0 Å². The van der Waals surface area contributed by atoms with Crippen LogP contribution in [0, 0.1) is 0 Å². The summed E-state index contributed by atoms with van der Waals surface area (Å²) in [6, 6.07) is 8.79. The molecule has 0 bridgehead atoms. The standard InChI is InChI=1S/C12H11NS/c1-2-13-7-5-9-3-4-10-6-8-14-12(10)11(9)13/h3-8H,2H2,1H3. The number of nitrogens with zero attached hydrogens (tertiary/aromatic N) is 1. The number of hydrogen-bond donors (Lipinski definition) is 0. The van der Waals surface area contributed by atoms with Crippen molar-refractivity contribution in [2.24, 2.45) is 0 Å². The number of aryl methyl sites for hydroxylation is 1. The Kier molecular flexibility index (Phi) is 1.64. The lowest BCUT2D eigenvalue weighted by Gasteiger charge is -2.01. The minimum atomic E-state index is 1.04. The second-order valence-electron chi connectivity index (χ2n) is 3.44. The van der Waals surface area contributed by atoms with Crippen LogP contribution >= 0.6 is 11.3 Å². The lowest BCUT2D eigenvalue weighted by atomic mass is 10.2. The van der Waals surface area contributed by atoms with Crippen molar-refractivity contribution in [1.82, 2.24) is 4.57 Å². The van der Waals surface area contributed by atoms with Crippen LogP contribution in [0.3, 0.4) is 0 Å². The molecule has 0 aliphatic carbocycles. The molecule has 2 heteroatoms. The molecule has 0 aliphatic rings. The molecule has 0 saturated heterocycles. The van der Waals surface area contributed by atoms with Gasteiger partial charge in [-0.2, -0.15) is 0 Å². The highest BCUT2D eigenvalue weighted by Crippen LogP contribution is 2.30. The maximum Gasteiger partial charge on any atom is 0.0661 e. The molecule has 0 radical (unpaired) electrons. The third-order valence-electron chi connectivity index (χ3n) is 2.69. The summed E-state index contributed by atoms with van der Waals surface area (Å²) in [7, 11) is 0. The predicted molar refractivity (Wildman–Crippen MR) is 63.0 cm³/mol. The zero-order valence-corrected chi connectivity index (χ0v) is 8.84. The van der Waals surface area contributed by atoms with E-state index in [9.17, 15) is 0 Å². The molecule has 0 amide bonds. The molecule has 3 rings (SSSR count). The molecule has 0 spiro atoms. The van der Waals surface area contributed by atoms with Gasteiger partial charge in [0.15, 0.2) is 0 Å². The van der Waals surface area contributed by atoms with E-state index in [1.165, 1.54) is 21.0 Å². The number of fused-ring (bicyclic) bond motifs is 3. The van der Waals surface area contributed by atoms with Crippen LogP contribution in [0.4, 0.5) is 0 Å². The first-order chi connectivity index (χ1) is 6.90. The summed E-state index contributed by atoms with van der Waals surface area (Å²) in [4.78, 5) is 0. The van der Waals surface area contributed by atoms with Crippen molar-refractivity contribution in [2.45, 2.75) is 13.5 Å². The summed E-state index contributed by atoms with van der Waals surface area (Å²) in [6.45, 7) is 3.23. The minimum absolute atomic E-state index is 1.04. The van der Waals surface area contributed by atoms with Crippen molar-refractivity contribution in [3.05, 3.63) is 35.8 Å². The Morgan fingerprint density at radius 3 is 2.86 bits per heavy atom. The minimum Gasteiger partial charge on any atom is -0.347 e. The van der Waals surface area contributed by atoms with Crippen molar-refractivity contribution in [2.75, 3.05) is 0 Å². The van der Waals surface area contributed by atoms with Gasteiger partial charge in [0.1, 0.15) is 0 Å². The van der Waals surface area contributed by atoms with E-state index in [4.69, 9.17) is 0 Å². The molecule has 0 unspecified atom stereocenters. The Hall–Kier alpha value is -1.28. The normalized spacial score (nSPS) is 11.5. The van der Waals surface area contributed by atoms with Gasteiger partial charge in [-0.15, -0.1) is 11.3 Å². The molecule has 0 fully saturated rings. The summed E-state index contributed by atoms with van der Waals surface area (Å²) in [5.74, 6) is 0. The van der Waals surface area contributed by atoms with Crippen molar-refractivity contribution < 1.29 is 0 Å². The van der Waals surface area contributed by atoms with Crippen LogP contribution in [-0.4, -0.2) is 4.57 Å². The van der Waals surface area contributed by atoms with E-state index in [0.29, 0.717) is 0 Å². The third-order valence-corrected chi connectivity index (χ3v) is 3.63. The van der Waals surface area contributed by atoms with E-state index in [2.05, 4.69) is 47.3 Å². The fourth-order valence-electron chi connectivity index (χ4n) is 1.97. The van der Waals surface area contributed by atoms with Gasteiger partial charge in [-0.1, -0.05) is 12.1 Å². The molecular weight excluding hydrogens is 190 g/mol. The van der Waals surface area contributed by atoms with Crippen LogP contribution in [-0.2, 0) is 6.54 Å². The molecule has 0 saturated carbocycles. The summed E-state index contributed by atoms with van der Waals surface area (Å²) in [5.41, 5.74) is 1.39. The zero-order chi connectivity index (χ0) is 9.54. The highest BCUT2D eigenvalue weighted by Gasteiger charge is 2.05. The molecule has 2 aromatic heterocycles. The first kappa shape index (κ1) is 8.06. The van der Waals surface area contributed by atoms with Gasteiger partial charge in [0.05, 0.1) is 10.2 Å². The van der Waals surface area contributed by atoms with Crippen molar-refractivity contribution in [3.8, 4) is 0 Å². The van der Waals surface area contributed by atoms with E-state index in [0.717, 1.165) is 6.54 Å². The van der Waals surface area contributed by atoms with Gasteiger partial charge >= 0.3 is 0 Å². The Morgan fingerprint density at radius 2 is 2.00 bits per heavy atom. The lowest BCUT2D eigenvalue weighted by molar-refractivity contribution is 0.800. The third kappa shape index (κ3) is 0.946. The zero-order valence-electron chi connectivity index (χ0n) is 8.03. The first-order valence-electron chi connectivity index (χ1n) is 4.85. The Labute approximate surface area is 86.6 Å². The average Bonchev–Trinajstić information content (AvgIpc) is 2.82. The molecule has 3 aromatic rings. The van der Waals surface area contributed by atoms with Crippen LogP contribution < -0.4 is 0 Å². The molecule has 70 valence electrons. The van der Waals surface area contributed by atoms with Crippen LogP contribution in [0.25, 0.3) is 21.0 Å². The largest absolute Gasteiger partial charge is 0.347 e. The quantitative estimate of drug-likeness (QED) is 0.563. The maximum absolute atomic E-state index is 2.31. The summed E-state index contributed by atoms with van der Waals surface area (Å²) >= 11 is 1.83. The van der Waals surface area contributed by atoms with Gasteiger partial charge in [0, 0.05) is 18.1 Å². The molecule has 0 atom stereocenters. The summed E-state index contributed by atoms with van der Waals surface area (Å²) in [5, 5.41) is 4.87. The van der Waals surface area contributed by atoms with Crippen LogP contribution in [0.1, 0.15) is 6.92 Å².